The highest BCUT2D eigenvalue weighted by molar-refractivity contribution is 6.30. The second-order valence-electron chi connectivity index (χ2n) is 20.4. The van der Waals surface area contributed by atoms with Crippen LogP contribution in [0.25, 0.3) is 6.08 Å². The molecular weight excluding hydrogens is 900 g/mol. The molecule has 1 aliphatic heterocycles. The number of hydrogen-bond donors (Lipinski definition) is 2. The van der Waals surface area contributed by atoms with Crippen LogP contribution in [0.15, 0.2) is 53.5 Å². The van der Waals surface area contributed by atoms with Gasteiger partial charge in [0, 0.05) is 6.08 Å². The van der Waals surface area contributed by atoms with E-state index in [1.807, 2.05) is 0 Å². The van der Waals surface area contributed by atoms with Crippen molar-refractivity contribution in [3.8, 4) is 5.75 Å². The van der Waals surface area contributed by atoms with Crippen molar-refractivity contribution in [3.05, 3.63) is 59.1 Å². The first-order valence-electron chi connectivity index (χ1n) is 21.3. The van der Waals surface area contributed by atoms with Gasteiger partial charge in [0.05, 0.1) is 7.11 Å². The van der Waals surface area contributed by atoms with Gasteiger partial charge < -0.3 is 67.1 Å². The molecule has 0 spiro atoms. The van der Waals surface area contributed by atoms with E-state index in [1.165, 1.54) is 92.7 Å². The minimum atomic E-state index is -3.18. The van der Waals surface area contributed by atoms with Crippen LogP contribution in [-0.4, -0.2) is 130 Å². The van der Waals surface area contributed by atoms with Gasteiger partial charge in [0.25, 0.3) is 5.60 Å². The van der Waals surface area contributed by atoms with Crippen molar-refractivity contribution in [3.63, 3.8) is 0 Å². The monoisotopic (exact) mass is 964 g/mol. The molecule has 0 aromatic heterocycles. The molecule has 3 rings (SSSR count). The minimum absolute atomic E-state index is 0.103. The Labute approximate surface area is 394 Å². The Morgan fingerprint density at radius 2 is 1.12 bits per heavy atom. The maximum atomic E-state index is 15.2. The van der Waals surface area contributed by atoms with E-state index in [0.29, 0.717) is 11.6 Å². The van der Waals surface area contributed by atoms with E-state index < -0.39 is 130 Å². The lowest BCUT2D eigenvalue weighted by atomic mass is 9.74. The predicted octanol–water partition coefficient (Wildman–Crippen LogP) is 7.92. The van der Waals surface area contributed by atoms with Crippen molar-refractivity contribution in [1.29, 1.82) is 0 Å². The number of carbonyl (C=O) groups is 7. The molecule has 0 saturated carbocycles. The predicted molar refractivity (Wildman–Crippen MR) is 236 cm³/mol. The zero-order valence-corrected chi connectivity index (χ0v) is 41.3. The molecule has 3 unspecified atom stereocenters. The van der Waals surface area contributed by atoms with Crippen molar-refractivity contribution < 1.29 is 101 Å². The van der Waals surface area contributed by atoms with Gasteiger partial charge in [-0.1, -0.05) is 18.2 Å². The van der Waals surface area contributed by atoms with Crippen molar-refractivity contribution in [1.82, 2.24) is 0 Å². The minimum Gasteiger partial charge on any atom is -0.507 e. The van der Waals surface area contributed by atoms with E-state index in [0.717, 1.165) is 13.2 Å². The van der Waals surface area contributed by atoms with Crippen molar-refractivity contribution in [2.45, 2.75) is 168 Å². The standard InChI is InChI=1S/C47H64O21/c1-42(2,3)63-37(52)58-24-29-33(61-39(54)65-44(7,8)9)34(62-40(55)66-45(10,11)12)32(50)36(60-29)47(68-41(56)67-46(13,14)15)30(57-16)23-28(49)31(35(47)51)27(48)22-19-25-17-20-26(21-18-25)59-38(53)64-43(4,5)6/h17-23,29,32-34,36,48,50H,24H2,1-16H3/b22-19+,31-27+/t29?,32?,33-,34?,36-,47+/m1/s1. The Bertz CT molecular complexity index is 2130. The third-order valence-electron chi connectivity index (χ3n) is 8.51. The van der Waals surface area contributed by atoms with Gasteiger partial charge in [0.1, 0.15) is 70.0 Å². The Hall–Kier alpha value is -6.35. The summed E-state index contributed by atoms with van der Waals surface area (Å²) in [5.41, 5.74) is -9.44. The molecule has 1 saturated heterocycles. The highest BCUT2D eigenvalue weighted by Gasteiger charge is 2.67. The van der Waals surface area contributed by atoms with E-state index in [9.17, 15) is 39.0 Å². The van der Waals surface area contributed by atoms with Gasteiger partial charge in [-0.05, 0) is 128 Å². The van der Waals surface area contributed by atoms with Gasteiger partial charge in [0.2, 0.25) is 5.78 Å². The number of ether oxygens (including phenoxy) is 12. The molecule has 21 nitrogen and oxygen atoms in total. The van der Waals surface area contributed by atoms with Gasteiger partial charge in [-0.25, -0.2) is 24.0 Å². The molecule has 6 atom stereocenters. The molecule has 1 fully saturated rings. The van der Waals surface area contributed by atoms with Crippen molar-refractivity contribution in [2.75, 3.05) is 13.7 Å². The Balaban J connectivity index is 2.32. The average molecular weight is 965 g/mol. The SMILES string of the molecule is COC1=CC(=O)/C(=C(O)/C=C/c2ccc(OC(=O)OC(C)(C)C)cc2)C(=O)[C@]1(OC(=O)OC(C)(C)C)[C@@H]1OC(COC(=O)OC(C)(C)C)[C@@H](OC(=O)OC(C)(C)C)C(OC(=O)OC(C)(C)C)C1O. The number of rotatable bonds is 10. The van der Waals surface area contributed by atoms with Crippen molar-refractivity contribution >= 4 is 48.4 Å². The van der Waals surface area contributed by atoms with Crippen LogP contribution in [0.3, 0.4) is 0 Å². The summed E-state index contributed by atoms with van der Waals surface area (Å²) in [6, 6.07) is 5.73. The number of ketones is 2. The maximum absolute atomic E-state index is 15.2. The zero-order chi connectivity index (χ0) is 52.0. The van der Waals surface area contributed by atoms with E-state index in [-0.39, 0.29) is 5.75 Å². The second-order valence-corrected chi connectivity index (χ2v) is 20.4. The number of aliphatic hydroxyl groups is 2. The summed E-state index contributed by atoms with van der Waals surface area (Å²) in [6.07, 6.45) is -14.6. The average Bonchev–Trinajstić information content (AvgIpc) is 3.13. The lowest BCUT2D eigenvalue weighted by molar-refractivity contribution is -0.270. The summed E-state index contributed by atoms with van der Waals surface area (Å²) < 4.78 is 65.8. The van der Waals surface area contributed by atoms with E-state index in [1.54, 1.807) is 41.5 Å². The fourth-order valence-electron chi connectivity index (χ4n) is 6.13. The normalized spacial score (nSPS) is 23.3. The molecule has 2 N–H and O–H groups in total. The number of aliphatic hydroxyl groups excluding tert-OH is 2. The Morgan fingerprint density at radius 1 is 0.662 bits per heavy atom. The van der Waals surface area contributed by atoms with Crippen LogP contribution >= 0.6 is 0 Å². The number of allylic oxidation sites excluding steroid dienone is 2. The summed E-state index contributed by atoms with van der Waals surface area (Å²) in [6.45, 7) is 22.0. The van der Waals surface area contributed by atoms with E-state index >= 15 is 4.79 Å². The summed E-state index contributed by atoms with van der Waals surface area (Å²) >= 11 is 0. The fourth-order valence-corrected chi connectivity index (χ4v) is 6.13. The van der Waals surface area contributed by atoms with Gasteiger partial charge in [-0.15, -0.1) is 0 Å². The first-order chi connectivity index (χ1) is 30.9. The lowest BCUT2D eigenvalue weighted by Crippen LogP contribution is -2.71. The highest BCUT2D eigenvalue weighted by atomic mass is 16.8. The van der Waals surface area contributed by atoms with Crippen LogP contribution in [0.5, 0.6) is 5.75 Å². The third kappa shape index (κ3) is 16.5. The molecule has 0 amide bonds. The molecule has 1 aromatic rings. The van der Waals surface area contributed by atoms with Crippen LogP contribution in [0.1, 0.15) is 109 Å². The molecule has 1 heterocycles. The first-order valence-corrected chi connectivity index (χ1v) is 21.3. The zero-order valence-electron chi connectivity index (χ0n) is 41.3. The fraction of sp³-hybridized carbons (Fsp3) is 0.596. The number of methoxy groups -OCH3 is 1. The molecule has 378 valence electrons. The summed E-state index contributed by atoms with van der Waals surface area (Å²) in [5.74, 6) is -4.43. The number of hydrogen-bond acceptors (Lipinski definition) is 21. The Kier molecular flexibility index (Phi) is 17.5. The van der Waals surface area contributed by atoms with Gasteiger partial charge >= 0.3 is 30.8 Å². The maximum Gasteiger partial charge on any atom is 0.514 e. The number of benzene rings is 1. The first kappa shape index (κ1) is 56.0. The quantitative estimate of drug-likeness (QED) is 0.0562. The van der Waals surface area contributed by atoms with Crippen LogP contribution in [0.4, 0.5) is 24.0 Å². The molecule has 0 bridgehead atoms. The van der Waals surface area contributed by atoms with Gasteiger partial charge in [-0.3, -0.25) is 9.59 Å². The molecular formula is C47H64O21. The number of carbonyl (C=O) groups excluding carboxylic acids is 7. The largest absolute Gasteiger partial charge is 0.514 e. The van der Waals surface area contributed by atoms with Crippen LogP contribution in [0.2, 0.25) is 0 Å². The highest BCUT2D eigenvalue weighted by Crippen LogP contribution is 2.44. The molecule has 21 heteroatoms. The van der Waals surface area contributed by atoms with Gasteiger partial charge in [-0.2, -0.15) is 0 Å². The van der Waals surface area contributed by atoms with Gasteiger partial charge in [0.15, 0.2) is 23.8 Å². The van der Waals surface area contributed by atoms with Crippen LogP contribution in [-0.2, 0) is 61.7 Å². The number of Topliss-reactive ketones (excluding diaryl/α,β-unsaturated/α-hetero) is 1. The molecule has 1 aromatic carbocycles. The summed E-state index contributed by atoms with van der Waals surface area (Å²) in [4.78, 5) is 94.7. The smallest absolute Gasteiger partial charge is 0.507 e. The molecule has 1 aliphatic carbocycles. The lowest BCUT2D eigenvalue weighted by Gasteiger charge is -2.49. The topological polar surface area (TPSA) is 271 Å². The van der Waals surface area contributed by atoms with E-state index in [2.05, 4.69) is 0 Å². The third-order valence-corrected chi connectivity index (χ3v) is 8.51. The Morgan fingerprint density at radius 3 is 1.60 bits per heavy atom. The molecule has 68 heavy (non-hydrogen) atoms. The van der Waals surface area contributed by atoms with Crippen LogP contribution < -0.4 is 4.74 Å². The molecule has 0 radical (unpaired) electrons. The summed E-state index contributed by atoms with van der Waals surface area (Å²) in [5, 5.41) is 23.9. The van der Waals surface area contributed by atoms with E-state index in [4.69, 9.17) is 56.8 Å². The second kappa shape index (κ2) is 21.3. The van der Waals surface area contributed by atoms with Crippen molar-refractivity contribution in [2.24, 2.45) is 0 Å². The summed E-state index contributed by atoms with van der Waals surface area (Å²) in [7, 11) is 0.978. The van der Waals surface area contributed by atoms with Crippen LogP contribution in [0, 0.1) is 0 Å². The molecule has 2 aliphatic rings.